The minimum atomic E-state index is -0.128. The number of ketones is 1. The van der Waals surface area contributed by atoms with Crippen molar-refractivity contribution in [1.82, 2.24) is 15.2 Å². The van der Waals surface area contributed by atoms with Crippen LogP contribution in [-0.2, 0) is 7.05 Å². The third kappa shape index (κ3) is 4.03. The summed E-state index contributed by atoms with van der Waals surface area (Å²) in [5, 5.41) is 9.63. The third-order valence-corrected chi connectivity index (χ3v) is 5.83. The maximum atomic E-state index is 12.1. The molecule has 1 atom stereocenters. The predicted molar refractivity (Wildman–Crippen MR) is 97.4 cm³/mol. The van der Waals surface area contributed by atoms with Crippen LogP contribution in [0, 0.1) is 0 Å². The van der Waals surface area contributed by atoms with E-state index in [0.29, 0.717) is 21.4 Å². The monoisotopic (exact) mass is 386 g/mol. The number of hydrogen-bond acceptors (Lipinski definition) is 6. The van der Waals surface area contributed by atoms with Crippen molar-refractivity contribution in [2.75, 3.05) is 5.75 Å². The number of aryl methyl sites for hydroxylation is 1. The van der Waals surface area contributed by atoms with Gasteiger partial charge in [0.05, 0.1) is 10.8 Å². The molecule has 120 valence electrons. The lowest BCUT2D eigenvalue weighted by atomic mass is 10.1. The number of carbonyl (C=O) groups excluding carboxylic acids is 1. The SMILES string of the molecule is Cn1cc(Cl)c([C@H]2NN=C(SCC(=O)c3ccc(Cl)cc3)S2)n1. The van der Waals surface area contributed by atoms with Gasteiger partial charge in [0.1, 0.15) is 11.1 Å². The molecule has 0 bridgehead atoms. The number of halogens is 2. The van der Waals surface area contributed by atoms with Crippen LogP contribution in [0.15, 0.2) is 35.6 Å². The molecule has 1 aliphatic rings. The molecular formula is C14H12Cl2N4OS2. The molecule has 0 radical (unpaired) electrons. The summed E-state index contributed by atoms with van der Waals surface area (Å²) in [7, 11) is 1.82. The summed E-state index contributed by atoms with van der Waals surface area (Å²) in [6, 6.07) is 6.87. The quantitative estimate of drug-likeness (QED) is 0.806. The fourth-order valence-electron chi connectivity index (χ4n) is 1.95. The van der Waals surface area contributed by atoms with Crippen molar-refractivity contribution in [3.05, 3.63) is 51.8 Å². The van der Waals surface area contributed by atoms with E-state index in [1.54, 1.807) is 35.1 Å². The molecule has 23 heavy (non-hydrogen) atoms. The van der Waals surface area contributed by atoms with E-state index in [9.17, 15) is 4.79 Å². The lowest BCUT2D eigenvalue weighted by Crippen LogP contribution is -2.08. The van der Waals surface area contributed by atoms with Crippen LogP contribution in [0.1, 0.15) is 21.4 Å². The first-order valence-corrected chi connectivity index (χ1v) is 9.25. The van der Waals surface area contributed by atoms with Crippen LogP contribution < -0.4 is 5.43 Å². The number of aromatic nitrogens is 2. The largest absolute Gasteiger partial charge is 0.293 e. The van der Waals surface area contributed by atoms with Gasteiger partial charge in [0.15, 0.2) is 10.2 Å². The molecule has 0 aliphatic carbocycles. The van der Waals surface area contributed by atoms with Crippen molar-refractivity contribution in [2.24, 2.45) is 12.1 Å². The highest BCUT2D eigenvalue weighted by atomic mass is 35.5. The summed E-state index contributed by atoms with van der Waals surface area (Å²) < 4.78 is 2.45. The predicted octanol–water partition coefficient (Wildman–Crippen LogP) is 3.95. The van der Waals surface area contributed by atoms with Gasteiger partial charge in [-0.25, -0.2) is 0 Å². The number of rotatable bonds is 4. The molecule has 2 aromatic rings. The zero-order chi connectivity index (χ0) is 16.4. The van der Waals surface area contributed by atoms with Crippen LogP contribution >= 0.6 is 46.7 Å². The maximum absolute atomic E-state index is 12.1. The Balaban J connectivity index is 1.55. The molecule has 1 N–H and O–H groups in total. The Morgan fingerprint density at radius 1 is 1.39 bits per heavy atom. The number of nitrogens with zero attached hydrogens (tertiary/aromatic N) is 3. The molecule has 9 heteroatoms. The molecular weight excluding hydrogens is 375 g/mol. The summed E-state index contributed by atoms with van der Waals surface area (Å²) in [5.74, 6) is 0.354. The Morgan fingerprint density at radius 3 is 2.78 bits per heavy atom. The molecule has 0 saturated carbocycles. The van der Waals surface area contributed by atoms with E-state index in [1.807, 2.05) is 7.05 Å². The maximum Gasteiger partial charge on any atom is 0.173 e. The number of benzene rings is 1. The van der Waals surface area contributed by atoms with Crippen LogP contribution in [-0.4, -0.2) is 25.7 Å². The van der Waals surface area contributed by atoms with Gasteiger partial charge in [-0.3, -0.25) is 14.9 Å². The second-order valence-corrected chi connectivity index (χ2v) is 7.92. The molecule has 1 aromatic heterocycles. The van der Waals surface area contributed by atoms with Crippen molar-refractivity contribution in [1.29, 1.82) is 0 Å². The summed E-state index contributed by atoms with van der Waals surface area (Å²) in [4.78, 5) is 12.1. The van der Waals surface area contributed by atoms with Crippen LogP contribution in [0.4, 0.5) is 0 Å². The highest BCUT2D eigenvalue weighted by Crippen LogP contribution is 2.37. The van der Waals surface area contributed by atoms with Crippen molar-refractivity contribution < 1.29 is 4.79 Å². The number of hydrazone groups is 1. The normalized spacial score (nSPS) is 17.0. The van der Waals surface area contributed by atoms with Gasteiger partial charge in [-0.1, -0.05) is 46.7 Å². The van der Waals surface area contributed by atoms with Gasteiger partial charge in [0.25, 0.3) is 0 Å². The summed E-state index contributed by atoms with van der Waals surface area (Å²) >= 11 is 14.8. The molecule has 0 amide bonds. The van der Waals surface area contributed by atoms with Crippen LogP contribution in [0.25, 0.3) is 0 Å². The third-order valence-electron chi connectivity index (χ3n) is 3.04. The number of nitrogens with one attached hydrogen (secondary N) is 1. The number of carbonyl (C=O) groups is 1. The first-order chi connectivity index (χ1) is 11.0. The molecule has 1 aromatic carbocycles. The molecule has 0 spiro atoms. The zero-order valence-corrected chi connectivity index (χ0v) is 15.1. The van der Waals surface area contributed by atoms with Gasteiger partial charge in [0, 0.05) is 23.8 Å². The summed E-state index contributed by atoms with van der Waals surface area (Å²) in [5.41, 5.74) is 4.37. The Labute approximate surface area is 151 Å². The highest BCUT2D eigenvalue weighted by molar-refractivity contribution is 8.39. The lowest BCUT2D eigenvalue weighted by Gasteiger charge is -2.05. The summed E-state index contributed by atoms with van der Waals surface area (Å²) in [6.45, 7) is 0. The van der Waals surface area contributed by atoms with E-state index >= 15 is 0 Å². The van der Waals surface area contributed by atoms with E-state index in [-0.39, 0.29) is 11.2 Å². The van der Waals surface area contributed by atoms with Crippen molar-refractivity contribution >= 4 is 56.9 Å². The minimum absolute atomic E-state index is 0.0364. The van der Waals surface area contributed by atoms with Gasteiger partial charge < -0.3 is 0 Å². The molecule has 0 saturated heterocycles. The number of Topliss-reactive ketones (excluding diaryl/α,β-unsaturated/α-hetero) is 1. The fraction of sp³-hybridized carbons (Fsp3) is 0.214. The smallest absolute Gasteiger partial charge is 0.173 e. The second kappa shape index (κ2) is 7.17. The minimum Gasteiger partial charge on any atom is -0.293 e. The topological polar surface area (TPSA) is 59.3 Å². The first-order valence-electron chi connectivity index (χ1n) is 6.63. The Bertz CT molecular complexity index is 761. The molecule has 1 aliphatic heterocycles. The van der Waals surface area contributed by atoms with Gasteiger partial charge in [0.2, 0.25) is 0 Å². The van der Waals surface area contributed by atoms with E-state index in [0.717, 1.165) is 10.1 Å². The van der Waals surface area contributed by atoms with Crippen LogP contribution in [0.5, 0.6) is 0 Å². The van der Waals surface area contributed by atoms with E-state index in [4.69, 9.17) is 23.2 Å². The van der Waals surface area contributed by atoms with Crippen molar-refractivity contribution in [3.8, 4) is 0 Å². The van der Waals surface area contributed by atoms with E-state index in [1.165, 1.54) is 23.5 Å². The first kappa shape index (κ1) is 16.7. The van der Waals surface area contributed by atoms with E-state index < -0.39 is 0 Å². The highest BCUT2D eigenvalue weighted by Gasteiger charge is 2.26. The van der Waals surface area contributed by atoms with Gasteiger partial charge in [-0.05, 0) is 24.3 Å². The van der Waals surface area contributed by atoms with Crippen LogP contribution in [0.2, 0.25) is 10.0 Å². The number of thioether (sulfide) groups is 2. The standard InChI is InChI=1S/C14H12Cl2N4OS2/c1-20-6-10(16)12(19-20)13-17-18-14(23-13)22-7-11(21)8-2-4-9(15)5-3-8/h2-6,13,17H,7H2,1H3/t13-/m0/s1. The average Bonchev–Trinajstić information content (AvgIpc) is 3.11. The van der Waals surface area contributed by atoms with Gasteiger partial charge >= 0.3 is 0 Å². The fourth-order valence-corrected chi connectivity index (χ4v) is 4.40. The number of hydrogen-bond donors (Lipinski definition) is 1. The molecule has 2 heterocycles. The van der Waals surface area contributed by atoms with E-state index in [2.05, 4.69) is 15.6 Å². The molecule has 0 fully saturated rings. The zero-order valence-electron chi connectivity index (χ0n) is 12.0. The van der Waals surface area contributed by atoms with Crippen LogP contribution in [0.3, 0.4) is 0 Å². The van der Waals surface area contributed by atoms with Crippen molar-refractivity contribution in [2.45, 2.75) is 5.37 Å². The average molecular weight is 387 g/mol. The Kier molecular flexibility index (Phi) is 5.21. The molecule has 3 rings (SSSR count). The summed E-state index contributed by atoms with van der Waals surface area (Å²) in [6.07, 6.45) is 1.74. The Hall–Kier alpha value is -1.15. The second-order valence-electron chi connectivity index (χ2n) is 4.76. The van der Waals surface area contributed by atoms with Gasteiger partial charge in [-0.15, -0.1) is 0 Å². The Morgan fingerprint density at radius 2 is 2.13 bits per heavy atom. The molecule has 0 unspecified atom stereocenters. The van der Waals surface area contributed by atoms with Gasteiger partial charge in [-0.2, -0.15) is 10.2 Å². The molecule has 5 nitrogen and oxygen atoms in total. The van der Waals surface area contributed by atoms with Crippen molar-refractivity contribution in [3.63, 3.8) is 0 Å². The lowest BCUT2D eigenvalue weighted by molar-refractivity contribution is 0.102.